The Bertz CT molecular complexity index is 1130. The van der Waals surface area contributed by atoms with Crippen LogP contribution in [0.4, 0.5) is 0 Å². The fourth-order valence-electron chi connectivity index (χ4n) is 3.99. The van der Waals surface area contributed by atoms with Crippen LogP contribution >= 0.6 is 0 Å². The maximum atomic E-state index is 11.9. The van der Waals surface area contributed by atoms with Crippen LogP contribution in [0.25, 0.3) is 17.0 Å². The lowest BCUT2D eigenvalue weighted by atomic mass is 10.1. The van der Waals surface area contributed by atoms with Crippen molar-refractivity contribution in [1.29, 1.82) is 0 Å². The van der Waals surface area contributed by atoms with Crippen LogP contribution in [-0.4, -0.2) is 31.3 Å². The van der Waals surface area contributed by atoms with Crippen molar-refractivity contribution in [3.63, 3.8) is 0 Å². The van der Waals surface area contributed by atoms with Crippen molar-refractivity contribution in [3.05, 3.63) is 71.1 Å². The minimum Gasteiger partial charge on any atom is -0.493 e. The molecule has 0 atom stereocenters. The number of oxazole rings is 1. The Morgan fingerprint density at radius 2 is 1.97 bits per heavy atom. The van der Waals surface area contributed by atoms with E-state index < -0.39 is 0 Å². The Balaban J connectivity index is 1.46. The molecule has 2 aromatic carbocycles. The van der Waals surface area contributed by atoms with Gasteiger partial charge in [-0.05, 0) is 56.0 Å². The highest BCUT2D eigenvalue weighted by Gasteiger charge is 2.24. The molecule has 0 radical (unpaired) electrons. The smallest absolute Gasteiger partial charge is 0.331 e. The molecule has 0 unspecified atom stereocenters. The number of fused-ring (bicyclic) bond motifs is 1. The summed E-state index contributed by atoms with van der Waals surface area (Å²) in [6.45, 7) is 4.53. The normalized spacial score (nSPS) is 13.8. The number of aryl methyl sites for hydroxylation is 1. The predicted octanol–water partition coefficient (Wildman–Crippen LogP) is 5.17. The first-order valence-corrected chi connectivity index (χ1v) is 10.8. The summed E-state index contributed by atoms with van der Waals surface area (Å²) < 4.78 is 22.6. The monoisotopic (exact) mass is 433 g/mol. The highest BCUT2D eigenvalue weighted by molar-refractivity contribution is 5.93. The molecule has 0 fully saturated rings. The molecule has 0 bridgehead atoms. The molecule has 1 aliphatic carbocycles. The zero-order valence-corrected chi connectivity index (χ0v) is 18.6. The van der Waals surface area contributed by atoms with Crippen LogP contribution in [0.2, 0.25) is 0 Å². The number of hydrogen-bond donors (Lipinski definition) is 0. The average molecular weight is 434 g/mol. The number of allylic oxidation sites excluding steroid dienone is 1. The second-order valence-electron chi connectivity index (χ2n) is 7.53. The number of benzene rings is 2. The van der Waals surface area contributed by atoms with Gasteiger partial charge in [0.2, 0.25) is 5.89 Å². The van der Waals surface area contributed by atoms with Crippen molar-refractivity contribution >= 4 is 11.5 Å². The van der Waals surface area contributed by atoms with E-state index in [1.165, 1.54) is 0 Å². The molecule has 0 amide bonds. The molecule has 1 heterocycles. The lowest BCUT2D eigenvalue weighted by Gasteiger charge is -2.14. The molecule has 6 nitrogen and oxygen atoms in total. The fraction of sp³-hybridized carbons (Fsp3) is 0.308. The maximum Gasteiger partial charge on any atom is 0.331 e. The van der Waals surface area contributed by atoms with E-state index in [0.29, 0.717) is 31.3 Å². The van der Waals surface area contributed by atoms with Crippen LogP contribution in [0.15, 0.2) is 53.0 Å². The summed E-state index contributed by atoms with van der Waals surface area (Å²) in [5, 5.41) is 0. The van der Waals surface area contributed by atoms with E-state index in [4.69, 9.17) is 18.6 Å². The number of methoxy groups -OCH3 is 1. The first kappa shape index (κ1) is 21.7. The van der Waals surface area contributed by atoms with Crippen LogP contribution in [0.5, 0.6) is 11.5 Å². The highest BCUT2D eigenvalue weighted by atomic mass is 16.5. The van der Waals surface area contributed by atoms with Gasteiger partial charge in [0.25, 0.3) is 0 Å². The molecule has 166 valence electrons. The van der Waals surface area contributed by atoms with Crippen molar-refractivity contribution in [2.75, 3.05) is 20.3 Å². The molecule has 4 rings (SSSR count). The topological polar surface area (TPSA) is 70.8 Å². The minimum absolute atomic E-state index is 0.313. The minimum atomic E-state index is -0.313. The lowest BCUT2D eigenvalue weighted by molar-refractivity contribution is -0.137. The van der Waals surface area contributed by atoms with Crippen LogP contribution in [-0.2, 0) is 22.4 Å². The Kier molecular flexibility index (Phi) is 6.59. The number of esters is 1. The molecule has 6 heteroatoms. The molecule has 32 heavy (non-hydrogen) atoms. The Morgan fingerprint density at radius 1 is 1.16 bits per heavy atom. The molecule has 0 saturated heterocycles. The van der Waals surface area contributed by atoms with Gasteiger partial charge in [-0.2, -0.15) is 0 Å². The van der Waals surface area contributed by atoms with Gasteiger partial charge in [-0.15, -0.1) is 0 Å². The number of hydrogen-bond acceptors (Lipinski definition) is 6. The largest absolute Gasteiger partial charge is 0.493 e. The summed E-state index contributed by atoms with van der Waals surface area (Å²) in [5.41, 5.74) is 4.87. The number of aromatic nitrogens is 1. The average Bonchev–Trinajstić information content (AvgIpc) is 3.38. The Hall–Kier alpha value is -3.54. The molecule has 3 aromatic rings. The number of rotatable bonds is 8. The van der Waals surface area contributed by atoms with E-state index in [1.807, 2.05) is 49.4 Å². The van der Waals surface area contributed by atoms with Crippen molar-refractivity contribution in [2.24, 2.45) is 0 Å². The first-order chi connectivity index (χ1) is 15.6. The van der Waals surface area contributed by atoms with E-state index in [1.54, 1.807) is 20.1 Å². The lowest BCUT2D eigenvalue weighted by Crippen LogP contribution is -2.05. The van der Waals surface area contributed by atoms with Gasteiger partial charge in [-0.25, -0.2) is 9.78 Å². The summed E-state index contributed by atoms with van der Waals surface area (Å²) in [4.78, 5) is 16.5. The van der Waals surface area contributed by atoms with Crippen molar-refractivity contribution < 1.29 is 23.4 Å². The second-order valence-corrected chi connectivity index (χ2v) is 7.53. The highest BCUT2D eigenvalue weighted by Crippen LogP contribution is 2.43. The molecule has 0 aliphatic heterocycles. The van der Waals surface area contributed by atoms with Gasteiger partial charge in [-0.1, -0.05) is 24.3 Å². The van der Waals surface area contributed by atoms with Gasteiger partial charge in [0.15, 0.2) is 11.5 Å². The molecule has 0 N–H and O–H groups in total. The van der Waals surface area contributed by atoms with E-state index in [-0.39, 0.29) is 5.97 Å². The third-order valence-corrected chi connectivity index (χ3v) is 5.51. The zero-order valence-electron chi connectivity index (χ0n) is 18.6. The van der Waals surface area contributed by atoms with Crippen molar-refractivity contribution in [2.45, 2.75) is 33.1 Å². The molecular formula is C26H27NO5. The third kappa shape index (κ3) is 4.54. The van der Waals surface area contributed by atoms with E-state index in [9.17, 15) is 4.79 Å². The second kappa shape index (κ2) is 9.73. The van der Waals surface area contributed by atoms with E-state index >= 15 is 0 Å². The van der Waals surface area contributed by atoms with Crippen LogP contribution < -0.4 is 9.47 Å². The van der Waals surface area contributed by atoms with Crippen molar-refractivity contribution in [1.82, 2.24) is 4.98 Å². The number of carbonyl (C=O) groups is 1. The summed E-state index contributed by atoms with van der Waals surface area (Å²) in [6, 6.07) is 13.7. The summed E-state index contributed by atoms with van der Waals surface area (Å²) in [6.07, 6.45) is 3.77. The molecule has 0 spiro atoms. The van der Waals surface area contributed by atoms with Gasteiger partial charge in [0.1, 0.15) is 5.76 Å². The van der Waals surface area contributed by atoms with Crippen LogP contribution in [0.1, 0.15) is 35.9 Å². The molecule has 1 aromatic heterocycles. The van der Waals surface area contributed by atoms with E-state index in [0.717, 1.165) is 52.3 Å². The van der Waals surface area contributed by atoms with Crippen LogP contribution in [0, 0.1) is 6.92 Å². The third-order valence-electron chi connectivity index (χ3n) is 5.51. The molecular weight excluding hydrogens is 406 g/mol. The fourth-order valence-corrected chi connectivity index (χ4v) is 3.99. The predicted molar refractivity (Wildman–Crippen MR) is 122 cm³/mol. The quantitative estimate of drug-likeness (QED) is 0.360. The van der Waals surface area contributed by atoms with Gasteiger partial charge >= 0.3 is 5.97 Å². The summed E-state index contributed by atoms with van der Waals surface area (Å²) in [5.74, 6) is 2.51. The van der Waals surface area contributed by atoms with Crippen LogP contribution in [0.3, 0.4) is 0 Å². The SMILES string of the molecule is CCOC(=O)C=C1CCc2c1ccc(OCCc1nc(-c3ccccc3)oc1C)c2OC. The maximum absolute atomic E-state index is 11.9. The van der Waals surface area contributed by atoms with Crippen molar-refractivity contribution in [3.8, 4) is 23.0 Å². The van der Waals surface area contributed by atoms with Gasteiger partial charge in [0.05, 0.1) is 26.0 Å². The first-order valence-electron chi connectivity index (χ1n) is 10.8. The number of nitrogens with zero attached hydrogens (tertiary/aromatic N) is 1. The standard InChI is InChI=1S/C26H27NO5/c1-4-30-24(28)16-19-10-11-21-20(19)12-13-23(25(21)29-3)31-15-14-22-17(2)32-26(27-22)18-8-6-5-7-9-18/h5-9,12-13,16H,4,10-11,14-15H2,1-3H3. The number of carbonyl (C=O) groups excluding carboxylic acids is 1. The zero-order chi connectivity index (χ0) is 22.5. The van der Waals surface area contributed by atoms with Gasteiger partial charge in [-0.3, -0.25) is 0 Å². The summed E-state index contributed by atoms with van der Waals surface area (Å²) >= 11 is 0. The Morgan fingerprint density at radius 3 is 2.72 bits per heavy atom. The van der Waals surface area contributed by atoms with E-state index in [2.05, 4.69) is 4.98 Å². The van der Waals surface area contributed by atoms with Gasteiger partial charge in [0, 0.05) is 23.6 Å². The molecule has 1 aliphatic rings. The number of ether oxygens (including phenoxy) is 3. The Labute approximate surface area is 187 Å². The van der Waals surface area contributed by atoms with Gasteiger partial charge < -0.3 is 18.6 Å². The molecule has 0 saturated carbocycles. The summed E-state index contributed by atoms with van der Waals surface area (Å²) in [7, 11) is 1.64.